The van der Waals surface area contributed by atoms with E-state index in [0.717, 1.165) is 5.56 Å². The van der Waals surface area contributed by atoms with Crippen LogP contribution in [0.5, 0.6) is 0 Å². The summed E-state index contributed by atoms with van der Waals surface area (Å²) >= 11 is 11.8. The maximum atomic E-state index is 11.6. The van der Waals surface area contributed by atoms with Crippen molar-refractivity contribution < 1.29 is 14.3 Å². The lowest BCUT2D eigenvalue weighted by atomic mass is 10.1. The monoisotopic (exact) mass is 287 g/mol. The summed E-state index contributed by atoms with van der Waals surface area (Å²) < 4.78 is 4.76. The second kappa shape index (κ2) is 5.16. The minimum atomic E-state index is -0.662. The van der Waals surface area contributed by atoms with Gasteiger partial charge in [0.15, 0.2) is 6.61 Å². The molecule has 0 aromatic heterocycles. The third-order valence-electron chi connectivity index (χ3n) is 2.81. The molecule has 1 aromatic carbocycles. The lowest BCUT2D eigenvalue weighted by Crippen LogP contribution is -2.21. The van der Waals surface area contributed by atoms with Crippen molar-refractivity contribution in [2.24, 2.45) is 11.7 Å². The SMILES string of the molecule is NC(=O)COC(=O)[C@H]1C[C@@H]1c1ccc(Cl)cc1Cl. The van der Waals surface area contributed by atoms with Crippen LogP contribution < -0.4 is 5.73 Å². The zero-order chi connectivity index (χ0) is 13.3. The molecule has 1 aliphatic carbocycles. The number of hydrogen-bond donors (Lipinski definition) is 1. The topological polar surface area (TPSA) is 69.4 Å². The summed E-state index contributed by atoms with van der Waals surface area (Å²) in [5, 5.41) is 1.09. The molecule has 0 saturated heterocycles. The Morgan fingerprint density at radius 2 is 2.11 bits per heavy atom. The average Bonchev–Trinajstić information content (AvgIpc) is 3.05. The lowest BCUT2D eigenvalue weighted by Gasteiger charge is -2.04. The molecule has 1 aliphatic rings. The van der Waals surface area contributed by atoms with Crippen LogP contribution in [0, 0.1) is 5.92 Å². The maximum Gasteiger partial charge on any atom is 0.310 e. The van der Waals surface area contributed by atoms with Crippen molar-refractivity contribution in [3.63, 3.8) is 0 Å². The number of esters is 1. The van der Waals surface area contributed by atoms with Gasteiger partial charge in [0.05, 0.1) is 5.92 Å². The Balaban J connectivity index is 1.98. The lowest BCUT2D eigenvalue weighted by molar-refractivity contribution is -0.149. The van der Waals surface area contributed by atoms with Gasteiger partial charge in [-0.05, 0) is 30.0 Å². The molecule has 1 amide bonds. The highest BCUT2D eigenvalue weighted by atomic mass is 35.5. The van der Waals surface area contributed by atoms with Crippen molar-refractivity contribution in [2.75, 3.05) is 6.61 Å². The van der Waals surface area contributed by atoms with Gasteiger partial charge in [-0.3, -0.25) is 9.59 Å². The fourth-order valence-corrected chi connectivity index (χ4v) is 2.40. The number of benzene rings is 1. The van der Waals surface area contributed by atoms with Crippen LogP contribution in [0.1, 0.15) is 17.9 Å². The van der Waals surface area contributed by atoms with Crippen LogP contribution in [-0.4, -0.2) is 18.5 Å². The van der Waals surface area contributed by atoms with Gasteiger partial charge in [0.25, 0.3) is 5.91 Å². The van der Waals surface area contributed by atoms with E-state index in [1.807, 2.05) is 0 Å². The molecule has 6 heteroatoms. The zero-order valence-electron chi connectivity index (χ0n) is 9.36. The van der Waals surface area contributed by atoms with Crippen LogP contribution in [0.15, 0.2) is 18.2 Å². The molecule has 2 atom stereocenters. The smallest absolute Gasteiger partial charge is 0.310 e. The zero-order valence-corrected chi connectivity index (χ0v) is 10.9. The molecule has 0 heterocycles. The highest BCUT2D eigenvalue weighted by molar-refractivity contribution is 6.35. The Hall–Kier alpha value is -1.26. The maximum absolute atomic E-state index is 11.6. The molecular formula is C12H11Cl2NO3. The molecule has 1 saturated carbocycles. The third-order valence-corrected chi connectivity index (χ3v) is 3.37. The van der Waals surface area contributed by atoms with Crippen LogP contribution in [0.2, 0.25) is 10.0 Å². The number of primary amides is 1. The van der Waals surface area contributed by atoms with Crippen LogP contribution in [0.25, 0.3) is 0 Å². The van der Waals surface area contributed by atoms with Crippen LogP contribution in [0.4, 0.5) is 0 Å². The molecule has 0 spiro atoms. The quantitative estimate of drug-likeness (QED) is 0.863. The minimum Gasteiger partial charge on any atom is -0.455 e. The molecule has 1 aromatic rings. The molecule has 4 nitrogen and oxygen atoms in total. The fourth-order valence-electron chi connectivity index (χ4n) is 1.85. The van der Waals surface area contributed by atoms with Crippen molar-refractivity contribution in [3.05, 3.63) is 33.8 Å². The Labute approximate surface area is 114 Å². The molecule has 2 N–H and O–H groups in total. The first kappa shape index (κ1) is 13.2. The number of ether oxygens (including phenoxy) is 1. The van der Waals surface area contributed by atoms with Gasteiger partial charge in [-0.15, -0.1) is 0 Å². The molecule has 0 unspecified atom stereocenters. The van der Waals surface area contributed by atoms with Gasteiger partial charge in [0.1, 0.15) is 0 Å². The third kappa shape index (κ3) is 2.94. The Kier molecular flexibility index (Phi) is 3.78. The van der Waals surface area contributed by atoms with Gasteiger partial charge in [0, 0.05) is 10.0 Å². The Bertz CT molecular complexity index is 504. The summed E-state index contributed by atoms with van der Waals surface area (Å²) in [5.41, 5.74) is 5.77. The van der Waals surface area contributed by atoms with Crippen molar-refractivity contribution in [1.29, 1.82) is 0 Å². The first-order valence-corrected chi connectivity index (χ1v) is 6.14. The second-order valence-corrected chi connectivity index (χ2v) is 5.03. The molecule has 96 valence electrons. The molecule has 0 radical (unpaired) electrons. The van der Waals surface area contributed by atoms with E-state index in [0.29, 0.717) is 16.5 Å². The van der Waals surface area contributed by atoms with E-state index in [1.165, 1.54) is 0 Å². The normalized spacial score (nSPS) is 21.4. The van der Waals surface area contributed by atoms with Gasteiger partial charge in [-0.25, -0.2) is 0 Å². The van der Waals surface area contributed by atoms with Gasteiger partial charge in [-0.1, -0.05) is 29.3 Å². The summed E-state index contributed by atoms with van der Waals surface area (Å²) in [4.78, 5) is 22.1. The molecule has 0 bridgehead atoms. The number of rotatable bonds is 4. The molecular weight excluding hydrogens is 277 g/mol. The first-order valence-electron chi connectivity index (χ1n) is 5.39. The molecule has 18 heavy (non-hydrogen) atoms. The molecule has 1 fully saturated rings. The van der Waals surface area contributed by atoms with Crippen molar-refractivity contribution in [3.8, 4) is 0 Å². The number of carbonyl (C=O) groups excluding carboxylic acids is 2. The summed E-state index contributed by atoms with van der Waals surface area (Å²) in [6, 6.07) is 5.17. The number of nitrogens with two attached hydrogens (primary N) is 1. The van der Waals surface area contributed by atoms with Gasteiger partial charge in [-0.2, -0.15) is 0 Å². The largest absolute Gasteiger partial charge is 0.455 e. The highest BCUT2D eigenvalue weighted by Crippen LogP contribution is 2.50. The van der Waals surface area contributed by atoms with Crippen LogP contribution in [0.3, 0.4) is 0 Å². The van der Waals surface area contributed by atoms with E-state index in [2.05, 4.69) is 0 Å². The average molecular weight is 288 g/mol. The number of halogens is 2. The Morgan fingerprint density at radius 1 is 1.39 bits per heavy atom. The Morgan fingerprint density at radius 3 is 2.72 bits per heavy atom. The second-order valence-electron chi connectivity index (χ2n) is 4.19. The van der Waals surface area contributed by atoms with Crippen molar-refractivity contribution in [1.82, 2.24) is 0 Å². The highest BCUT2D eigenvalue weighted by Gasteiger charge is 2.46. The fraction of sp³-hybridized carbons (Fsp3) is 0.333. The van der Waals surface area contributed by atoms with E-state index in [1.54, 1.807) is 18.2 Å². The van der Waals surface area contributed by atoms with Gasteiger partial charge < -0.3 is 10.5 Å². The summed E-state index contributed by atoms with van der Waals surface area (Å²) in [6.45, 7) is -0.379. The van der Waals surface area contributed by atoms with Crippen molar-refractivity contribution in [2.45, 2.75) is 12.3 Å². The van der Waals surface area contributed by atoms with Gasteiger partial charge in [0.2, 0.25) is 0 Å². The predicted octanol–water partition coefficient (Wildman–Crippen LogP) is 2.13. The van der Waals surface area contributed by atoms with E-state index in [-0.39, 0.29) is 18.4 Å². The van der Waals surface area contributed by atoms with E-state index in [4.69, 9.17) is 33.7 Å². The minimum absolute atomic E-state index is 0.0372. The summed E-state index contributed by atoms with van der Waals surface area (Å²) in [5.74, 6) is -1.28. The van der Waals surface area contributed by atoms with Crippen LogP contribution in [-0.2, 0) is 14.3 Å². The number of carbonyl (C=O) groups is 2. The standard InChI is InChI=1S/C12H11Cl2NO3/c13-6-1-2-7(10(14)3-6)8-4-9(8)12(17)18-5-11(15)16/h1-3,8-9H,4-5H2,(H2,15,16)/t8-,9+/m1/s1. The number of amides is 1. The van der Waals surface area contributed by atoms with Gasteiger partial charge >= 0.3 is 5.97 Å². The van der Waals surface area contributed by atoms with E-state index < -0.39 is 11.9 Å². The van der Waals surface area contributed by atoms with Crippen LogP contribution >= 0.6 is 23.2 Å². The predicted molar refractivity (Wildman–Crippen MR) is 67.5 cm³/mol. The van der Waals surface area contributed by atoms with Crippen molar-refractivity contribution >= 4 is 35.1 Å². The van der Waals surface area contributed by atoms with E-state index in [9.17, 15) is 9.59 Å². The first-order chi connectivity index (χ1) is 8.49. The molecule has 0 aliphatic heterocycles. The summed E-state index contributed by atoms with van der Waals surface area (Å²) in [7, 11) is 0. The number of hydrogen-bond acceptors (Lipinski definition) is 3. The van der Waals surface area contributed by atoms with E-state index >= 15 is 0 Å². The summed E-state index contributed by atoms with van der Waals surface area (Å²) in [6.07, 6.45) is 0.666. The molecule has 2 rings (SSSR count).